The van der Waals surface area contributed by atoms with Gasteiger partial charge in [-0.3, -0.25) is 0 Å². The Morgan fingerprint density at radius 3 is 1.74 bits per heavy atom. The summed E-state index contributed by atoms with van der Waals surface area (Å²) in [5.74, 6) is -0.00478. The zero-order valence-corrected chi connectivity index (χ0v) is 30.0. The third-order valence-corrected chi connectivity index (χ3v) is 11.0. The number of fused-ring (bicyclic) bond motifs is 2. The molecule has 0 bridgehead atoms. The van der Waals surface area contributed by atoms with Crippen molar-refractivity contribution in [1.82, 2.24) is 0 Å². The standard InChI is InChI=1S/C51H42N2/c1-51(53(44-28-16-6-17-29-44)45-30-18-7-19-31-45)48-35-33-40(38-20-8-2-9-21-38)36-47(48)50(46-34-32-41(37-49(46)51)39-22-10-3-11-23-39)52(42-24-12-4-13-25-42)43-26-14-5-15-27-43/h2-14,16-26,28-37,48H,15,27H2,1H3. The van der Waals surface area contributed by atoms with Crippen LogP contribution in [0.5, 0.6) is 0 Å². The van der Waals surface area contributed by atoms with Crippen molar-refractivity contribution < 1.29 is 0 Å². The predicted molar refractivity (Wildman–Crippen MR) is 224 cm³/mol. The monoisotopic (exact) mass is 682 g/mol. The van der Waals surface area contributed by atoms with Crippen LogP contribution in [0.2, 0.25) is 0 Å². The summed E-state index contributed by atoms with van der Waals surface area (Å²) in [6.07, 6.45) is 16.1. The summed E-state index contributed by atoms with van der Waals surface area (Å²) in [6.45, 7) is 2.46. The summed E-state index contributed by atoms with van der Waals surface area (Å²) < 4.78 is 0. The number of hydrogen-bond acceptors (Lipinski definition) is 2. The smallest absolute Gasteiger partial charge is 0.0784 e. The lowest BCUT2D eigenvalue weighted by Crippen LogP contribution is -2.50. The Morgan fingerprint density at radius 1 is 0.585 bits per heavy atom. The Morgan fingerprint density at radius 2 is 1.15 bits per heavy atom. The molecule has 3 aliphatic carbocycles. The molecule has 0 aromatic heterocycles. The van der Waals surface area contributed by atoms with E-state index in [0.29, 0.717) is 0 Å². The molecule has 0 heterocycles. The van der Waals surface area contributed by atoms with Gasteiger partial charge in [0.15, 0.2) is 0 Å². The quantitative estimate of drug-likeness (QED) is 0.158. The molecule has 3 aliphatic rings. The molecule has 0 N–H and O–H groups in total. The van der Waals surface area contributed by atoms with Gasteiger partial charge in [-0.1, -0.05) is 152 Å². The average Bonchev–Trinajstić information content (AvgIpc) is 3.24. The summed E-state index contributed by atoms with van der Waals surface area (Å²) in [5, 5.41) is 0. The van der Waals surface area contributed by atoms with Crippen LogP contribution in [0.15, 0.2) is 218 Å². The van der Waals surface area contributed by atoms with E-state index in [4.69, 9.17) is 0 Å². The minimum absolute atomic E-state index is 0.00478. The number of anilines is 3. The fourth-order valence-corrected chi connectivity index (χ4v) is 8.57. The van der Waals surface area contributed by atoms with E-state index >= 15 is 0 Å². The van der Waals surface area contributed by atoms with Gasteiger partial charge in [0, 0.05) is 34.2 Å². The molecule has 0 spiro atoms. The lowest BCUT2D eigenvalue weighted by molar-refractivity contribution is 0.391. The number of hydrogen-bond donors (Lipinski definition) is 0. The number of para-hydroxylation sites is 3. The second-order valence-electron chi connectivity index (χ2n) is 14.2. The number of nitrogens with zero attached hydrogens (tertiary/aromatic N) is 2. The van der Waals surface area contributed by atoms with Crippen molar-refractivity contribution in [3.05, 3.63) is 234 Å². The van der Waals surface area contributed by atoms with Crippen LogP contribution in [0.3, 0.4) is 0 Å². The second kappa shape index (κ2) is 14.0. The first-order valence-electron chi connectivity index (χ1n) is 18.7. The van der Waals surface area contributed by atoms with E-state index in [1.165, 1.54) is 56.0 Å². The van der Waals surface area contributed by atoms with E-state index in [1.807, 2.05) is 0 Å². The molecular formula is C51H42N2. The fourth-order valence-electron chi connectivity index (χ4n) is 8.57. The van der Waals surface area contributed by atoms with Crippen LogP contribution < -0.4 is 9.80 Å². The normalized spacial score (nSPS) is 18.8. The number of rotatable bonds is 8. The molecule has 2 nitrogen and oxygen atoms in total. The van der Waals surface area contributed by atoms with Crippen LogP contribution in [0.25, 0.3) is 22.4 Å². The summed E-state index contributed by atoms with van der Waals surface area (Å²) >= 11 is 0. The molecule has 6 aromatic carbocycles. The van der Waals surface area contributed by atoms with E-state index in [-0.39, 0.29) is 5.92 Å². The average molecular weight is 683 g/mol. The lowest BCUT2D eigenvalue weighted by atomic mass is 9.64. The minimum atomic E-state index is -0.528. The third-order valence-electron chi connectivity index (χ3n) is 11.0. The van der Waals surface area contributed by atoms with Crippen LogP contribution in [0.1, 0.15) is 36.5 Å². The first-order valence-corrected chi connectivity index (χ1v) is 18.7. The zero-order chi connectivity index (χ0) is 35.6. The van der Waals surface area contributed by atoms with Crippen molar-refractivity contribution in [2.24, 2.45) is 5.92 Å². The Kier molecular flexibility index (Phi) is 8.57. The first-order chi connectivity index (χ1) is 26.2. The van der Waals surface area contributed by atoms with Crippen LogP contribution >= 0.6 is 0 Å². The van der Waals surface area contributed by atoms with Crippen LogP contribution in [0.4, 0.5) is 17.1 Å². The highest BCUT2D eigenvalue weighted by atomic mass is 15.2. The predicted octanol–water partition coefficient (Wildman–Crippen LogP) is 13.1. The second-order valence-corrected chi connectivity index (χ2v) is 14.2. The van der Waals surface area contributed by atoms with Crippen LogP contribution in [-0.4, -0.2) is 0 Å². The molecule has 53 heavy (non-hydrogen) atoms. The Balaban J connectivity index is 1.40. The van der Waals surface area contributed by atoms with Gasteiger partial charge in [-0.2, -0.15) is 0 Å². The molecule has 2 unspecified atom stereocenters. The van der Waals surface area contributed by atoms with E-state index in [0.717, 1.165) is 24.2 Å². The van der Waals surface area contributed by atoms with Gasteiger partial charge in [-0.25, -0.2) is 0 Å². The van der Waals surface area contributed by atoms with Gasteiger partial charge in [-0.05, 0) is 108 Å². The SMILES string of the molecule is CC1(N(c2ccccc2)c2ccccc2)c2cc(-c3ccccc3)ccc2C(N(C2=CC=CCC2)c2ccccc2)=C2C=C(c3ccccc3)C=CC21. The van der Waals surface area contributed by atoms with Crippen LogP contribution in [0, 0.1) is 5.92 Å². The zero-order valence-electron chi connectivity index (χ0n) is 30.0. The number of benzene rings is 6. The van der Waals surface area contributed by atoms with E-state index in [1.54, 1.807) is 0 Å². The molecule has 0 aliphatic heterocycles. The van der Waals surface area contributed by atoms with Crippen molar-refractivity contribution in [1.29, 1.82) is 0 Å². The molecule has 2 atom stereocenters. The van der Waals surface area contributed by atoms with Crippen molar-refractivity contribution >= 4 is 28.3 Å². The summed E-state index contributed by atoms with van der Waals surface area (Å²) in [4.78, 5) is 5.14. The number of allylic oxidation sites excluding steroid dienone is 7. The summed E-state index contributed by atoms with van der Waals surface area (Å²) in [7, 11) is 0. The van der Waals surface area contributed by atoms with Crippen molar-refractivity contribution in [2.75, 3.05) is 9.80 Å². The van der Waals surface area contributed by atoms with E-state index < -0.39 is 5.54 Å². The molecular weight excluding hydrogens is 641 g/mol. The first kappa shape index (κ1) is 32.5. The maximum atomic E-state index is 2.59. The Bertz CT molecular complexity index is 2350. The Labute approximate surface area is 313 Å². The third kappa shape index (κ3) is 5.87. The highest BCUT2D eigenvalue weighted by Gasteiger charge is 2.50. The highest BCUT2D eigenvalue weighted by molar-refractivity contribution is 5.95. The van der Waals surface area contributed by atoms with E-state index in [9.17, 15) is 0 Å². The van der Waals surface area contributed by atoms with Gasteiger partial charge < -0.3 is 9.80 Å². The summed E-state index contributed by atoms with van der Waals surface area (Å²) in [5.41, 5.74) is 14.2. The van der Waals surface area contributed by atoms with Gasteiger partial charge in [-0.15, -0.1) is 0 Å². The van der Waals surface area contributed by atoms with Gasteiger partial charge >= 0.3 is 0 Å². The molecule has 6 aromatic rings. The molecule has 0 fully saturated rings. The molecule has 9 rings (SSSR count). The lowest BCUT2D eigenvalue weighted by Gasteiger charge is -2.53. The highest BCUT2D eigenvalue weighted by Crippen LogP contribution is 2.57. The molecule has 0 saturated carbocycles. The molecule has 0 amide bonds. The topological polar surface area (TPSA) is 6.48 Å². The molecule has 0 saturated heterocycles. The largest absolute Gasteiger partial charge is 0.331 e. The van der Waals surface area contributed by atoms with E-state index in [2.05, 4.69) is 223 Å². The fraction of sp³-hybridized carbons (Fsp3) is 0.0980. The van der Waals surface area contributed by atoms with Gasteiger partial charge in [0.1, 0.15) is 0 Å². The molecule has 0 radical (unpaired) electrons. The van der Waals surface area contributed by atoms with Gasteiger partial charge in [0.05, 0.1) is 11.2 Å². The Hall–Kier alpha value is -6.38. The van der Waals surface area contributed by atoms with Crippen molar-refractivity contribution in [3.8, 4) is 11.1 Å². The maximum absolute atomic E-state index is 2.59. The van der Waals surface area contributed by atoms with Crippen molar-refractivity contribution in [2.45, 2.75) is 25.3 Å². The summed E-state index contributed by atoms with van der Waals surface area (Å²) in [6, 6.07) is 61.7. The van der Waals surface area contributed by atoms with Crippen LogP contribution in [-0.2, 0) is 5.54 Å². The maximum Gasteiger partial charge on any atom is 0.0784 e. The van der Waals surface area contributed by atoms with Crippen molar-refractivity contribution in [3.63, 3.8) is 0 Å². The van der Waals surface area contributed by atoms with Gasteiger partial charge in [0.2, 0.25) is 0 Å². The minimum Gasteiger partial charge on any atom is -0.331 e. The van der Waals surface area contributed by atoms with Gasteiger partial charge in [0.25, 0.3) is 0 Å². The molecule has 2 heteroatoms. The molecule has 256 valence electrons.